The maximum Gasteiger partial charge on any atom is 0.410 e. The SMILES string of the molecule is CC[C@H](C)[C@@H]([C@@H](CC(=O)N1CCC[C@H]1[C@H](OC)[C@@H](C)C(=O)N[C@H](C)[C@@H](O)c1ccccc1)OC)N(C)C(=O)[C@@H](NC(=O)[C@H](C(C)C)N(C)C(=O)OCc1ccc(NC(=O)[C@H](CC[S+](C)[O-])NC(=O)[C@H](C)NC(=O)[C@@H](CC(C)C)NC(=O)CCN2C(=O)C=CC2=O)cc1)C(C)C. The fourth-order valence-electron chi connectivity index (χ4n) is 11.9. The Morgan fingerprint density at radius 1 is 0.737 bits per heavy atom. The van der Waals surface area contributed by atoms with E-state index in [0.717, 1.165) is 22.0 Å². The molecule has 27 heteroatoms. The van der Waals surface area contributed by atoms with Crippen LogP contribution in [-0.2, 0) is 79.9 Å². The summed E-state index contributed by atoms with van der Waals surface area (Å²) in [7, 11) is 6.06. The summed E-state index contributed by atoms with van der Waals surface area (Å²) in [6.45, 7) is 19.6. The molecule has 528 valence electrons. The number of nitrogens with one attached hydrogen (secondary N) is 6. The molecule has 0 spiro atoms. The highest BCUT2D eigenvalue weighted by atomic mass is 32.2. The van der Waals surface area contributed by atoms with Gasteiger partial charge in [0.25, 0.3) is 11.8 Å². The van der Waals surface area contributed by atoms with Gasteiger partial charge in [-0.15, -0.1) is 0 Å². The summed E-state index contributed by atoms with van der Waals surface area (Å²) in [6, 6.07) is 8.00. The Balaban J connectivity index is 1.37. The number of aliphatic hydroxyl groups excluding tert-OH is 1. The van der Waals surface area contributed by atoms with E-state index < -0.39 is 149 Å². The molecule has 2 aliphatic heterocycles. The molecule has 0 saturated carbocycles. The van der Waals surface area contributed by atoms with Crippen molar-refractivity contribution in [1.82, 2.24) is 46.2 Å². The standard InChI is InChI=1S/C68H104N10O16S/c1-17-42(8)59(52(92-14)37-56(82)77-33-21-24-51(77)61(93-15)43(9)62(84)69-44(10)60(83)47-22-19-18-20-23-47)75(12)67(89)57(40(4)5)74-66(88)58(41(6)7)76(13)68(90)94-38-46-25-27-48(28-26-46)71-64(86)49(32-35-95(16)91)73-63(85)45(11)70-65(87)50(36-39(2)3)72-53(79)31-34-78-54(80)29-30-55(78)81/h18-20,22-23,25-30,39-45,49-52,57-61,83H,17,21,24,31-38H2,1-16H3,(H,69,84)(H,70,87)(H,71,86)(H,72,79)(H,73,85)(H,74,88)/t42-,43+,44+,45-,49-,50+,51-,52+,57-,58-,59-,60+,61+,95?/m0/s1. The number of amides is 11. The second kappa shape index (κ2) is 38.3. The van der Waals surface area contributed by atoms with Gasteiger partial charge >= 0.3 is 6.09 Å². The van der Waals surface area contributed by atoms with E-state index in [0.29, 0.717) is 42.6 Å². The lowest BCUT2D eigenvalue weighted by Crippen LogP contribution is -2.60. The number of benzene rings is 2. The van der Waals surface area contributed by atoms with Gasteiger partial charge < -0.3 is 65.6 Å². The zero-order valence-corrected chi connectivity index (χ0v) is 59.0. The van der Waals surface area contributed by atoms with Crippen molar-refractivity contribution in [3.8, 4) is 0 Å². The quantitative estimate of drug-likeness (QED) is 0.0369. The van der Waals surface area contributed by atoms with Crippen molar-refractivity contribution >= 4 is 82.0 Å². The van der Waals surface area contributed by atoms with Gasteiger partial charge in [-0.1, -0.05) is 122 Å². The number of hydrogen-bond donors (Lipinski definition) is 7. The van der Waals surface area contributed by atoms with Crippen LogP contribution in [0.3, 0.4) is 0 Å². The number of methoxy groups -OCH3 is 2. The Morgan fingerprint density at radius 2 is 1.37 bits per heavy atom. The number of aliphatic hydroxyl groups is 1. The molecule has 14 atom stereocenters. The molecule has 4 rings (SSSR count). The molecular weight excluding hydrogens is 1240 g/mol. The van der Waals surface area contributed by atoms with E-state index in [1.165, 1.54) is 34.4 Å². The van der Waals surface area contributed by atoms with Crippen LogP contribution in [0.1, 0.15) is 138 Å². The van der Waals surface area contributed by atoms with Gasteiger partial charge in [0.05, 0.1) is 55.0 Å². The number of rotatable bonds is 37. The van der Waals surface area contributed by atoms with Crippen LogP contribution in [0.2, 0.25) is 0 Å². The molecule has 26 nitrogen and oxygen atoms in total. The Morgan fingerprint density at radius 3 is 1.93 bits per heavy atom. The van der Waals surface area contributed by atoms with Crippen LogP contribution in [-0.4, -0.2) is 208 Å². The average molecular weight is 1350 g/mol. The van der Waals surface area contributed by atoms with E-state index in [9.17, 15) is 62.4 Å². The molecule has 95 heavy (non-hydrogen) atoms. The molecule has 1 fully saturated rings. The third-order valence-corrected chi connectivity index (χ3v) is 18.4. The van der Waals surface area contributed by atoms with Gasteiger partial charge in [-0.25, -0.2) is 4.79 Å². The topological polar surface area (TPSA) is 344 Å². The largest absolute Gasteiger partial charge is 0.617 e. The second-order valence-electron chi connectivity index (χ2n) is 26.0. The van der Waals surface area contributed by atoms with Gasteiger partial charge in [-0.05, 0) is 80.0 Å². The molecule has 0 radical (unpaired) electrons. The summed E-state index contributed by atoms with van der Waals surface area (Å²) < 4.78 is 29.9. The van der Waals surface area contributed by atoms with Crippen LogP contribution in [0.5, 0.6) is 0 Å². The molecule has 2 heterocycles. The second-order valence-corrected chi connectivity index (χ2v) is 27.6. The third-order valence-electron chi connectivity index (χ3n) is 17.6. The summed E-state index contributed by atoms with van der Waals surface area (Å²) in [5.41, 5.74) is 1.47. The molecule has 2 aliphatic rings. The predicted octanol–water partition coefficient (Wildman–Crippen LogP) is 4.12. The highest BCUT2D eigenvalue weighted by molar-refractivity contribution is 7.90. The lowest BCUT2D eigenvalue weighted by molar-refractivity contribution is -0.148. The summed E-state index contributed by atoms with van der Waals surface area (Å²) in [4.78, 5) is 154. The Kier molecular flexibility index (Phi) is 32.3. The van der Waals surface area contributed by atoms with Gasteiger partial charge in [-0.3, -0.25) is 57.7 Å². The van der Waals surface area contributed by atoms with Gasteiger partial charge in [0.1, 0.15) is 42.6 Å². The fourth-order valence-corrected chi connectivity index (χ4v) is 12.5. The molecule has 2 aromatic rings. The van der Waals surface area contributed by atoms with Crippen molar-refractivity contribution in [3.05, 3.63) is 77.9 Å². The monoisotopic (exact) mass is 1350 g/mol. The molecule has 0 aliphatic carbocycles. The normalized spacial score (nSPS) is 18.1. The maximum atomic E-state index is 14.8. The molecule has 11 amide bonds. The lowest BCUT2D eigenvalue weighted by Gasteiger charge is -2.41. The summed E-state index contributed by atoms with van der Waals surface area (Å²) in [5.74, 6) is -7.14. The number of nitrogens with zero attached hydrogens (tertiary/aromatic N) is 4. The Bertz CT molecular complexity index is 2930. The Labute approximate surface area is 563 Å². The van der Waals surface area contributed by atoms with Crippen molar-refractivity contribution in [1.29, 1.82) is 0 Å². The molecule has 1 saturated heterocycles. The van der Waals surface area contributed by atoms with Gasteiger partial charge in [0.2, 0.25) is 47.3 Å². The first kappa shape index (κ1) is 80.0. The van der Waals surface area contributed by atoms with E-state index in [4.69, 9.17) is 14.2 Å². The third kappa shape index (κ3) is 23.4. The number of likely N-dealkylation sites (N-methyl/N-ethyl adjacent to an activating group) is 2. The van der Waals surface area contributed by atoms with Crippen LogP contribution >= 0.6 is 0 Å². The molecule has 0 aromatic heterocycles. The molecule has 7 N–H and O–H groups in total. The van der Waals surface area contributed by atoms with Crippen LogP contribution < -0.4 is 31.9 Å². The first-order valence-corrected chi connectivity index (χ1v) is 34.5. The number of imide groups is 1. The highest BCUT2D eigenvalue weighted by Crippen LogP contribution is 2.31. The van der Waals surface area contributed by atoms with Gasteiger partial charge in [0.15, 0.2) is 0 Å². The van der Waals surface area contributed by atoms with Crippen molar-refractivity contribution in [3.63, 3.8) is 0 Å². The first-order valence-electron chi connectivity index (χ1n) is 32.7. The molecular formula is C68H104N10O16S. The van der Waals surface area contributed by atoms with Crippen molar-refractivity contribution in [2.45, 2.75) is 194 Å². The van der Waals surface area contributed by atoms with Crippen LogP contribution in [0, 0.1) is 29.6 Å². The minimum Gasteiger partial charge on any atom is -0.617 e. The number of hydrogen-bond acceptors (Lipinski definition) is 16. The smallest absolute Gasteiger partial charge is 0.410 e. The van der Waals surface area contributed by atoms with Crippen LogP contribution in [0.25, 0.3) is 0 Å². The molecule has 1 unspecified atom stereocenters. The average Bonchev–Trinajstić information content (AvgIpc) is 1.96. The van der Waals surface area contributed by atoms with Crippen molar-refractivity contribution < 1.29 is 76.6 Å². The molecule has 0 bridgehead atoms. The van der Waals surface area contributed by atoms with Crippen LogP contribution in [0.15, 0.2) is 66.7 Å². The molecule has 2 aromatic carbocycles. The van der Waals surface area contributed by atoms with E-state index in [1.807, 2.05) is 45.9 Å². The lowest BCUT2D eigenvalue weighted by atomic mass is 9.89. The van der Waals surface area contributed by atoms with Gasteiger partial charge in [0, 0.05) is 72.1 Å². The van der Waals surface area contributed by atoms with Crippen molar-refractivity contribution in [2.75, 3.05) is 58.7 Å². The maximum absolute atomic E-state index is 14.8. The van der Waals surface area contributed by atoms with Crippen LogP contribution in [0.4, 0.5) is 10.5 Å². The Hall–Kier alpha value is -7.46. The van der Waals surface area contributed by atoms with E-state index in [1.54, 1.807) is 94.8 Å². The fraction of sp³-hybridized carbons (Fsp3) is 0.632. The number of carbonyl (C=O) groups is 11. The minimum absolute atomic E-state index is 0.0302. The van der Waals surface area contributed by atoms with E-state index in [-0.39, 0.29) is 68.2 Å². The summed E-state index contributed by atoms with van der Waals surface area (Å²) in [5, 5.41) is 27.4. The van der Waals surface area contributed by atoms with E-state index >= 15 is 0 Å². The zero-order valence-electron chi connectivity index (χ0n) is 58.1. The van der Waals surface area contributed by atoms with Gasteiger partial charge in [-0.2, -0.15) is 0 Å². The number of anilines is 1. The first-order chi connectivity index (χ1) is 44.8. The van der Waals surface area contributed by atoms with E-state index in [2.05, 4.69) is 31.9 Å². The zero-order chi connectivity index (χ0) is 71.1. The van der Waals surface area contributed by atoms with Crippen molar-refractivity contribution in [2.24, 2.45) is 29.6 Å². The summed E-state index contributed by atoms with van der Waals surface area (Å²) >= 11 is -1.35. The number of ether oxygens (including phenoxy) is 3. The number of likely N-dealkylation sites (tertiary alicyclic amines) is 1. The minimum atomic E-state index is -1.35. The predicted molar refractivity (Wildman–Crippen MR) is 358 cm³/mol. The highest BCUT2D eigenvalue weighted by Gasteiger charge is 2.44. The number of carbonyl (C=O) groups excluding carboxylic acids is 11. The summed E-state index contributed by atoms with van der Waals surface area (Å²) in [6.07, 6.45) is 2.11.